The maximum Gasteiger partial charge on any atom is 0.307 e. The van der Waals surface area contributed by atoms with Crippen LogP contribution in [0.1, 0.15) is 91.9 Å². The standard InChI is InChI=1S/C40H64O14S4/c1-6-38(4,17-19-48-5)53-20-18-40(7-2,8-3)54-36(46)15-24-57-23-14-34(44)51-28-39(26-49-32(42)12-21-55,27-50-33(43)13-22-56)29-52-35(45)16-25-58-31-11-9-10-30(41)37(31)47/h9-11,41,47,55-56H,6-8,12-29H2,1-5H3. The van der Waals surface area contributed by atoms with E-state index in [1.807, 2.05) is 13.8 Å². The second kappa shape index (κ2) is 29.7. The number of hydrogen-bond donors (Lipinski definition) is 4. The van der Waals surface area contributed by atoms with Crippen molar-refractivity contribution in [2.75, 3.05) is 75.5 Å². The third-order valence-corrected chi connectivity index (χ3v) is 11.9. The second-order valence-electron chi connectivity index (χ2n) is 13.9. The van der Waals surface area contributed by atoms with E-state index in [0.29, 0.717) is 48.9 Å². The molecule has 0 spiro atoms. The zero-order valence-electron chi connectivity index (χ0n) is 34.6. The zero-order valence-corrected chi connectivity index (χ0v) is 38.0. The van der Waals surface area contributed by atoms with E-state index in [9.17, 15) is 34.2 Å². The van der Waals surface area contributed by atoms with Gasteiger partial charge in [0, 0.05) is 48.9 Å². The number of phenols is 2. The Bertz CT molecular complexity index is 1370. The first-order valence-corrected chi connectivity index (χ1v) is 23.0. The molecule has 0 bridgehead atoms. The molecule has 1 aromatic rings. The van der Waals surface area contributed by atoms with E-state index in [-0.39, 0.29) is 72.4 Å². The van der Waals surface area contributed by atoms with Crippen molar-refractivity contribution in [1.29, 1.82) is 0 Å². The number of para-hydroxylation sites is 1. The molecule has 0 aromatic heterocycles. The molecule has 0 saturated heterocycles. The molecular weight excluding hydrogens is 833 g/mol. The Morgan fingerprint density at radius 1 is 0.672 bits per heavy atom. The van der Waals surface area contributed by atoms with Crippen molar-refractivity contribution in [2.24, 2.45) is 5.41 Å². The van der Waals surface area contributed by atoms with Crippen LogP contribution in [-0.4, -0.2) is 127 Å². The average molecular weight is 897 g/mol. The summed E-state index contributed by atoms with van der Waals surface area (Å²) >= 11 is 10.6. The predicted molar refractivity (Wildman–Crippen MR) is 230 cm³/mol. The summed E-state index contributed by atoms with van der Waals surface area (Å²) < 4.78 is 39.4. The summed E-state index contributed by atoms with van der Waals surface area (Å²) in [6.45, 7) is 7.54. The molecule has 332 valence electrons. The van der Waals surface area contributed by atoms with Gasteiger partial charge in [0.25, 0.3) is 0 Å². The van der Waals surface area contributed by atoms with Crippen molar-refractivity contribution in [2.45, 2.75) is 108 Å². The number of aromatic hydroxyl groups is 2. The Morgan fingerprint density at radius 2 is 1.17 bits per heavy atom. The largest absolute Gasteiger partial charge is 0.504 e. The van der Waals surface area contributed by atoms with Gasteiger partial charge >= 0.3 is 29.8 Å². The van der Waals surface area contributed by atoms with E-state index in [2.05, 4.69) is 39.1 Å². The number of thiol groups is 2. The fourth-order valence-corrected chi connectivity index (χ4v) is 7.28. The lowest BCUT2D eigenvalue weighted by molar-refractivity contribution is -0.170. The maximum absolute atomic E-state index is 12.9. The monoisotopic (exact) mass is 896 g/mol. The summed E-state index contributed by atoms with van der Waals surface area (Å²) in [4.78, 5) is 63.6. The Balaban J connectivity index is 2.81. The van der Waals surface area contributed by atoms with Gasteiger partial charge in [0.15, 0.2) is 11.5 Å². The third kappa shape index (κ3) is 21.7. The summed E-state index contributed by atoms with van der Waals surface area (Å²) in [6, 6.07) is 4.48. The van der Waals surface area contributed by atoms with Crippen molar-refractivity contribution in [3.05, 3.63) is 18.2 Å². The van der Waals surface area contributed by atoms with E-state index in [1.54, 1.807) is 19.2 Å². The number of rotatable bonds is 33. The predicted octanol–water partition coefficient (Wildman–Crippen LogP) is 6.61. The van der Waals surface area contributed by atoms with E-state index in [1.165, 1.54) is 17.8 Å². The fourth-order valence-electron chi connectivity index (χ4n) is 5.18. The number of phenolic OH excluding ortho intramolecular Hbond substituents is 2. The van der Waals surface area contributed by atoms with Crippen LogP contribution in [-0.2, 0) is 57.1 Å². The van der Waals surface area contributed by atoms with Gasteiger partial charge in [-0.1, -0.05) is 26.8 Å². The molecule has 0 fully saturated rings. The van der Waals surface area contributed by atoms with Crippen molar-refractivity contribution < 1.29 is 67.3 Å². The van der Waals surface area contributed by atoms with Gasteiger partial charge in [0.05, 0.1) is 49.2 Å². The Morgan fingerprint density at radius 3 is 1.66 bits per heavy atom. The number of carbonyl (C=O) groups excluding carboxylic acids is 5. The molecule has 14 nitrogen and oxygen atoms in total. The Kier molecular flexibility index (Phi) is 27.4. The molecule has 58 heavy (non-hydrogen) atoms. The van der Waals surface area contributed by atoms with Crippen LogP contribution in [0.15, 0.2) is 23.1 Å². The van der Waals surface area contributed by atoms with E-state index in [0.717, 1.165) is 24.6 Å². The number of methoxy groups -OCH3 is 1. The van der Waals surface area contributed by atoms with Crippen LogP contribution in [0, 0.1) is 5.41 Å². The molecule has 18 heteroatoms. The van der Waals surface area contributed by atoms with Crippen LogP contribution < -0.4 is 0 Å². The highest BCUT2D eigenvalue weighted by Gasteiger charge is 2.38. The fraction of sp³-hybridized carbons (Fsp3) is 0.725. The first-order valence-electron chi connectivity index (χ1n) is 19.6. The van der Waals surface area contributed by atoms with Gasteiger partial charge in [-0.25, -0.2) is 0 Å². The molecular formula is C40H64O14S4. The molecule has 1 aromatic carbocycles. The summed E-state index contributed by atoms with van der Waals surface area (Å²) in [5, 5.41) is 19.8. The molecule has 0 aliphatic rings. The van der Waals surface area contributed by atoms with E-state index in [4.69, 9.17) is 33.2 Å². The van der Waals surface area contributed by atoms with Gasteiger partial charge in [-0.05, 0) is 44.7 Å². The normalized spacial score (nSPS) is 12.7. The Labute approximate surface area is 363 Å². The van der Waals surface area contributed by atoms with Crippen molar-refractivity contribution in [1.82, 2.24) is 0 Å². The molecule has 0 heterocycles. The molecule has 0 saturated carbocycles. The van der Waals surface area contributed by atoms with Gasteiger partial charge in [0.2, 0.25) is 0 Å². The SMILES string of the molecule is CCC(C)(CCOC)OCCC(CC)(CC)OC(=O)CCSCCC(=O)OCC(COC(=O)CCS)(COC(=O)CCS)COC(=O)CCSc1cccc(O)c1O. The molecule has 1 atom stereocenters. The molecule has 1 unspecified atom stereocenters. The third-order valence-electron chi connectivity index (χ3n) is 9.44. The van der Waals surface area contributed by atoms with Crippen LogP contribution in [0.3, 0.4) is 0 Å². The van der Waals surface area contributed by atoms with Crippen LogP contribution in [0.5, 0.6) is 11.5 Å². The van der Waals surface area contributed by atoms with Gasteiger partial charge < -0.3 is 43.4 Å². The van der Waals surface area contributed by atoms with Crippen LogP contribution in [0.2, 0.25) is 0 Å². The highest BCUT2D eigenvalue weighted by Crippen LogP contribution is 2.36. The van der Waals surface area contributed by atoms with Crippen molar-refractivity contribution in [3.63, 3.8) is 0 Å². The lowest BCUT2D eigenvalue weighted by Gasteiger charge is -2.34. The van der Waals surface area contributed by atoms with Crippen molar-refractivity contribution in [3.8, 4) is 11.5 Å². The molecule has 0 aliphatic carbocycles. The number of thioether (sulfide) groups is 2. The van der Waals surface area contributed by atoms with E-state index >= 15 is 0 Å². The molecule has 2 N–H and O–H groups in total. The minimum absolute atomic E-state index is 0.0118. The number of ether oxygens (including phenoxy) is 7. The van der Waals surface area contributed by atoms with Gasteiger partial charge in [0.1, 0.15) is 37.4 Å². The molecule has 0 amide bonds. The smallest absolute Gasteiger partial charge is 0.307 e. The topological polar surface area (TPSA) is 190 Å². The van der Waals surface area contributed by atoms with E-state index < -0.39 is 61.3 Å². The number of carbonyl (C=O) groups is 5. The minimum atomic E-state index is -1.44. The highest BCUT2D eigenvalue weighted by atomic mass is 32.2. The first kappa shape index (κ1) is 53.5. The number of esters is 5. The number of benzene rings is 1. The van der Waals surface area contributed by atoms with Crippen LogP contribution in [0.4, 0.5) is 0 Å². The highest BCUT2D eigenvalue weighted by molar-refractivity contribution is 7.99. The first-order chi connectivity index (χ1) is 27.6. The lowest BCUT2D eigenvalue weighted by atomic mass is 9.92. The van der Waals surface area contributed by atoms with Gasteiger partial charge in [-0.2, -0.15) is 37.0 Å². The molecule has 0 radical (unpaired) electrons. The average Bonchev–Trinajstić information content (AvgIpc) is 3.20. The summed E-state index contributed by atoms with van der Waals surface area (Å²) in [7, 11) is 1.66. The quantitative estimate of drug-likeness (QED) is 0.0147. The van der Waals surface area contributed by atoms with Crippen LogP contribution in [0.25, 0.3) is 0 Å². The lowest BCUT2D eigenvalue weighted by Crippen LogP contribution is -2.44. The van der Waals surface area contributed by atoms with Crippen molar-refractivity contribution >= 4 is 78.6 Å². The van der Waals surface area contributed by atoms with Gasteiger partial charge in [-0.3, -0.25) is 24.0 Å². The summed E-state index contributed by atoms with van der Waals surface area (Å²) in [5.74, 6) is -1.98. The van der Waals surface area contributed by atoms with Gasteiger partial charge in [-0.15, -0.1) is 11.8 Å². The summed E-state index contributed by atoms with van der Waals surface area (Å²) in [5.41, 5.74) is -2.40. The second-order valence-corrected chi connectivity index (χ2v) is 17.2. The maximum atomic E-state index is 12.9. The summed E-state index contributed by atoms with van der Waals surface area (Å²) in [6.07, 6.45) is 3.48. The Hall–Kier alpha value is -2.51. The number of hydrogen-bond acceptors (Lipinski definition) is 18. The van der Waals surface area contributed by atoms with Crippen LogP contribution >= 0.6 is 48.8 Å². The molecule has 0 aliphatic heterocycles. The zero-order chi connectivity index (χ0) is 43.5. The minimum Gasteiger partial charge on any atom is -0.504 e. The molecule has 1 rings (SSSR count).